The van der Waals surface area contributed by atoms with Gasteiger partial charge in [-0.3, -0.25) is 0 Å². The first-order valence-electron chi connectivity index (χ1n) is 0.630. The number of nitroso groups, excluding NO2 is 1. The molecule has 24 valence electrons. The van der Waals surface area contributed by atoms with Crippen molar-refractivity contribution >= 4 is 8.96 Å². The maximum atomic E-state index is 8.69. The Bertz CT molecular complexity index is 20.0. The largest absolute Gasteiger partial charge is 0.353 e. The van der Waals surface area contributed by atoms with E-state index >= 15 is 0 Å². The van der Waals surface area contributed by atoms with E-state index < -0.39 is 8.96 Å². The van der Waals surface area contributed by atoms with E-state index in [9.17, 15) is 0 Å². The van der Waals surface area contributed by atoms with Gasteiger partial charge in [-0.15, -0.1) is 4.91 Å². The van der Waals surface area contributed by atoms with Gasteiger partial charge in [0.25, 0.3) is 0 Å². The summed E-state index contributed by atoms with van der Waals surface area (Å²) in [5, 5.41) is 0. The van der Waals surface area contributed by atoms with Gasteiger partial charge in [0.15, 0.2) is 8.96 Å². The molecule has 0 fully saturated rings. The van der Waals surface area contributed by atoms with Gasteiger partial charge >= 0.3 is 0 Å². The zero-order valence-corrected chi connectivity index (χ0v) is 2.80. The quantitative estimate of drug-likeness (QED) is 0.362. The Balaban J connectivity index is 2.30. The Hall–Kier alpha value is -0.0100. The standard InChI is InChI=1S/H2NO2P/c2-1-4-3/h3-4H. The van der Waals surface area contributed by atoms with E-state index in [2.05, 4.69) is 4.95 Å². The van der Waals surface area contributed by atoms with Gasteiger partial charge in [0.2, 0.25) is 0 Å². The molecule has 0 aliphatic heterocycles. The van der Waals surface area contributed by atoms with E-state index in [0.29, 0.717) is 0 Å². The predicted octanol–water partition coefficient (Wildman–Crippen LogP) is 0.254. The van der Waals surface area contributed by atoms with Crippen LogP contribution in [0.25, 0.3) is 0 Å². The van der Waals surface area contributed by atoms with E-state index in [1.54, 1.807) is 0 Å². The molecule has 0 heterocycles. The van der Waals surface area contributed by atoms with Crippen LogP contribution in [-0.4, -0.2) is 4.89 Å². The minimum atomic E-state index is -0.790. The molecule has 0 aromatic rings. The molecule has 4 heavy (non-hydrogen) atoms. The lowest BCUT2D eigenvalue weighted by atomic mass is 13.7. The number of hydrogen-bond donors (Lipinski definition) is 1. The third-order valence-electron chi connectivity index (χ3n) is 0.0408. The molecule has 4 heteroatoms. The lowest BCUT2D eigenvalue weighted by molar-refractivity contribution is 0.647. The highest BCUT2D eigenvalue weighted by atomic mass is 31.1. The van der Waals surface area contributed by atoms with E-state index in [1.165, 1.54) is 0 Å². The second-order valence-corrected chi connectivity index (χ2v) is 0.574. The minimum absolute atomic E-state index is 0.790. The van der Waals surface area contributed by atoms with Crippen LogP contribution >= 0.6 is 8.96 Å². The molecule has 1 unspecified atom stereocenters. The zero-order valence-electron chi connectivity index (χ0n) is 1.80. The van der Waals surface area contributed by atoms with Crippen LogP contribution in [-0.2, 0) is 0 Å². The average molecular weight is 79.0 g/mol. The maximum absolute atomic E-state index is 8.69. The van der Waals surface area contributed by atoms with Crippen LogP contribution < -0.4 is 0 Å². The summed E-state index contributed by atoms with van der Waals surface area (Å²) in [6, 6.07) is 0. The number of hydrogen-bond acceptors (Lipinski definition) is 3. The van der Waals surface area contributed by atoms with Crippen LogP contribution in [0.15, 0.2) is 4.95 Å². The summed E-state index contributed by atoms with van der Waals surface area (Å²) in [5.41, 5.74) is 0. The molecule has 0 aliphatic rings. The van der Waals surface area contributed by atoms with Crippen molar-refractivity contribution in [2.75, 3.05) is 0 Å². The van der Waals surface area contributed by atoms with Gasteiger partial charge in [-0.25, -0.2) is 0 Å². The van der Waals surface area contributed by atoms with E-state index in [-0.39, 0.29) is 0 Å². The first kappa shape index (κ1) is 3.99. The summed E-state index contributed by atoms with van der Waals surface area (Å²) in [6.07, 6.45) is 0. The highest BCUT2D eigenvalue weighted by molar-refractivity contribution is 7.29. The zero-order chi connectivity index (χ0) is 3.41. The molecular weight excluding hydrogens is 77.0 g/mol. The van der Waals surface area contributed by atoms with Crippen LogP contribution in [0.4, 0.5) is 0 Å². The molecule has 0 rings (SSSR count). The molecule has 0 aromatic carbocycles. The lowest BCUT2D eigenvalue weighted by Crippen LogP contribution is -1.22. The van der Waals surface area contributed by atoms with Crippen molar-refractivity contribution in [3.05, 3.63) is 4.91 Å². The van der Waals surface area contributed by atoms with Gasteiger partial charge < -0.3 is 4.89 Å². The van der Waals surface area contributed by atoms with Gasteiger partial charge in [-0.2, -0.15) is 0 Å². The topological polar surface area (TPSA) is 49.7 Å². The molecule has 0 radical (unpaired) electrons. The second kappa shape index (κ2) is 2.99. The van der Waals surface area contributed by atoms with Gasteiger partial charge in [0, 0.05) is 0 Å². The lowest BCUT2D eigenvalue weighted by Gasteiger charge is -1.53. The van der Waals surface area contributed by atoms with Crippen LogP contribution in [0.3, 0.4) is 0 Å². The molecule has 0 aromatic heterocycles. The third-order valence-corrected chi connectivity index (χ3v) is 0.122. The molecule has 0 amide bonds. The van der Waals surface area contributed by atoms with Crippen molar-refractivity contribution in [1.82, 2.24) is 0 Å². The Morgan fingerprint density at radius 3 is 2.25 bits per heavy atom. The fourth-order valence-corrected chi connectivity index (χ4v) is 0. The van der Waals surface area contributed by atoms with Crippen LogP contribution in [0, 0.1) is 4.91 Å². The Labute approximate surface area is 24.9 Å². The fraction of sp³-hybridized carbons (Fsp3) is 0. The van der Waals surface area contributed by atoms with Crippen molar-refractivity contribution in [2.45, 2.75) is 0 Å². The summed E-state index contributed by atoms with van der Waals surface area (Å²) >= 11 is 0. The van der Waals surface area contributed by atoms with E-state index in [4.69, 9.17) is 9.80 Å². The van der Waals surface area contributed by atoms with Crippen molar-refractivity contribution < 1.29 is 4.89 Å². The van der Waals surface area contributed by atoms with Gasteiger partial charge in [0.1, 0.15) is 0 Å². The molecule has 1 atom stereocenters. The first-order valence-corrected chi connectivity index (χ1v) is 1.52. The van der Waals surface area contributed by atoms with Gasteiger partial charge in [-0.05, 0) is 4.95 Å². The maximum Gasteiger partial charge on any atom is 0.184 e. The van der Waals surface area contributed by atoms with Crippen molar-refractivity contribution in [1.29, 1.82) is 0 Å². The molecule has 0 saturated carbocycles. The molecule has 0 spiro atoms. The summed E-state index contributed by atoms with van der Waals surface area (Å²) in [6.45, 7) is 0. The third kappa shape index (κ3) is 1.99. The SMILES string of the molecule is O=NPO. The molecule has 0 bridgehead atoms. The number of nitrogens with zero attached hydrogens (tertiary/aromatic N) is 1. The van der Waals surface area contributed by atoms with Gasteiger partial charge in [-0.1, -0.05) is 0 Å². The predicted molar refractivity (Wildman–Crippen MR) is 16.3 cm³/mol. The van der Waals surface area contributed by atoms with Crippen LogP contribution in [0.5, 0.6) is 0 Å². The molecule has 0 saturated heterocycles. The smallest absolute Gasteiger partial charge is 0.184 e. The normalized spacial score (nSPS) is 9.25. The summed E-state index contributed by atoms with van der Waals surface area (Å²) in [7, 11) is -0.790. The van der Waals surface area contributed by atoms with Crippen LogP contribution in [0.1, 0.15) is 0 Å². The Morgan fingerprint density at radius 1 is 2.00 bits per heavy atom. The number of rotatable bonds is 1. The highest BCUT2D eigenvalue weighted by Crippen LogP contribution is 1.96. The molecule has 3 nitrogen and oxygen atoms in total. The minimum Gasteiger partial charge on any atom is -0.353 e. The molecule has 1 N–H and O–H groups in total. The highest BCUT2D eigenvalue weighted by Gasteiger charge is 1.52. The summed E-state index contributed by atoms with van der Waals surface area (Å²) < 4.78 is 0. The van der Waals surface area contributed by atoms with E-state index in [1.807, 2.05) is 0 Å². The Morgan fingerprint density at radius 2 is 2.25 bits per heavy atom. The summed E-state index contributed by atoms with van der Waals surface area (Å²) in [4.78, 5) is 18.2. The fourth-order valence-electron chi connectivity index (χ4n) is 0. The first-order chi connectivity index (χ1) is 1.91. The van der Waals surface area contributed by atoms with Crippen molar-refractivity contribution in [3.8, 4) is 0 Å². The Kier molecular flexibility index (Phi) is 2.98. The van der Waals surface area contributed by atoms with Crippen molar-refractivity contribution in [3.63, 3.8) is 0 Å². The van der Waals surface area contributed by atoms with Crippen molar-refractivity contribution in [2.24, 2.45) is 4.95 Å². The molecule has 0 aliphatic carbocycles. The summed E-state index contributed by atoms with van der Waals surface area (Å²) in [5.74, 6) is 0. The monoisotopic (exact) mass is 79.0 g/mol. The van der Waals surface area contributed by atoms with E-state index in [0.717, 1.165) is 0 Å². The average Bonchev–Trinajstić information content (AvgIpc) is 1.37. The van der Waals surface area contributed by atoms with Crippen LogP contribution in [0.2, 0.25) is 0 Å². The van der Waals surface area contributed by atoms with Gasteiger partial charge in [0.05, 0.1) is 0 Å². The molecular formula is H2NO2P. The second-order valence-electron chi connectivity index (χ2n) is 0.191.